The number of carbonyl (C=O) groups excluding carboxylic acids is 3. The molecule has 3 unspecified atom stereocenters. The molecule has 0 bridgehead atoms. The van der Waals surface area contributed by atoms with Crippen molar-refractivity contribution in [2.75, 3.05) is 68.2 Å². The predicted octanol–water partition coefficient (Wildman–Crippen LogP) is 4.48. The Labute approximate surface area is 330 Å². The number of carboxylic acid groups (broad SMARTS) is 1. The smallest absolute Gasteiger partial charge is 0.550 e. The SMILES string of the molecule is C.C.C.C.C.C.C.C.C.C.C.C.CCC(CC(CC(C)(C)C(=O)NC[N+](C)(C)CC(O)C[N+](C)(C)C)C(=O)[O-])C(=O)OCCO.[CH3-].[CH3-].[Na+]. The molecule has 10 nitrogen and oxygen atoms in total. The molecule has 0 aliphatic rings. The van der Waals surface area contributed by atoms with E-state index >= 15 is 0 Å². The van der Waals surface area contributed by atoms with Crippen LogP contribution in [0.25, 0.3) is 0 Å². The van der Waals surface area contributed by atoms with Crippen LogP contribution in [0.4, 0.5) is 0 Å². The minimum absolute atomic E-state index is 0. The molecule has 1 amide bonds. The number of aliphatic hydroxyl groups excluding tert-OH is 2. The maximum atomic E-state index is 12.9. The Kier molecular flexibility index (Phi) is 99.7. The Balaban J connectivity index is -0.0000000488. The Morgan fingerprint density at radius 3 is 1.50 bits per heavy atom. The number of nitrogens with zero attached hydrogens (tertiary/aromatic N) is 2. The van der Waals surface area contributed by atoms with Crippen molar-refractivity contribution in [1.82, 2.24) is 5.32 Å². The van der Waals surface area contributed by atoms with Gasteiger partial charge in [0.25, 0.3) is 0 Å². The number of ether oxygens (including phenoxy) is 1. The number of amides is 1. The molecule has 3 N–H and O–H groups in total. The van der Waals surface area contributed by atoms with Crippen LogP contribution < -0.4 is 40.0 Å². The van der Waals surface area contributed by atoms with Crippen LogP contribution in [-0.2, 0) is 19.1 Å². The topological polar surface area (TPSA) is 136 Å². The van der Waals surface area contributed by atoms with Crippen LogP contribution in [0.5, 0.6) is 0 Å². The van der Waals surface area contributed by atoms with Crippen LogP contribution in [0.3, 0.4) is 0 Å². The zero-order valence-corrected chi connectivity index (χ0v) is 26.7. The molecule has 0 aliphatic carbocycles. The summed E-state index contributed by atoms with van der Waals surface area (Å²) in [6.07, 6.45) is -0.160. The number of esters is 1. The average molecular weight is 722 g/mol. The van der Waals surface area contributed by atoms with Crippen LogP contribution in [0, 0.1) is 32.1 Å². The summed E-state index contributed by atoms with van der Waals surface area (Å²) in [5, 5.41) is 33.8. The van der Waals surface area contributed by atoms with Crippen LogP contribution in [0.1, 0.15) is 129 Å². The van der Waals surface area contributed by atoms with E-state index in [1.54, 1.807) is 20.8 Å². The van der Waals surface area contributed by atoms with Gasteiger partial charge < -0.3 is 54.0 Å². The molecular formula is C37H100N3NaO7. The second-order valence-corrected chi connectivity index (χ2v) is 11.2. The minimum Gasteiger partial charge on any atom is -0.550 e. The molecule has 3 atom stereocenters. The molecule has 306 valence electrons. The van der Waals surface area contributed by atoms with Crippen molar-refractivity contribution in [3.63, 3.8) is 0 Å². The molecule has 0 aliphatic heterocycles. The quantitative estimate of drug-likeness (QED) is 0.0704. The van der Waals surface area contributed by atoms with Gasteiger partial charge >= 0.3 is 35.5 Å². The monoisotopic (exact) mass is 722 g/mol. The van der Waals surface area contributed by atoms with Crippen LogP contribution in [-0.4, -0.2) is 111 Å². The van der Waals surface area contributed by atoms with Gasteiger partial charge in [-0.2, -0.15) is 0 Å². The number of likely N-dealkylation sites (N-methyl/N-ethyl adjacent to an activating group) is 2. The zero-order chi connectivity index (χ0) is 26.0. The van der Waals surface area contributed by atoms with Gasteiger partial charge in [-0.25, -0.2) is 0 Å². The van der Waals surface area contributed by atoms with Crippen LogP contribution in [0.2, 0.25) is 0 Å². The summed E-state index contributed by atoms with van der Waals surface area (Å²) in [4.78, 5) is 36.8. The number of aliphatic hydroxyl groups is 2. The van der Waals surface area contributed by atoms with Gasteiger partial charge in [0.1, 0.15) is 19.7 Å². The van der Waals surface area contributed by atoms with Crippen molar-refractivity contribution >= 4 is 17.8 Å². The molecule has 0 aromatic carbocycles. The van der Waals surface area contributed by atoms with Gasteiger partial charge in [-0.05, 0) is 19.3 Å². The molecule has 0 spiro atoms. The number of quaternary nitrogens is 2. The summed E-state index contributed by atoms with van der Waals surface area (Å²) in [6, 6.07) is 0. The molecule has 0 radical (unpaired) electrons. The van der Waals surface area contributed by atoms with Gasteiger partial charge in [0.2, 0.25) is 5.91 Å². The van der Waals surface area contributed by atoms with Gasteiger partial charge in [-0.3, -0.25) is 9.59 Å². The number of carboxylic acids is 1. The van der Waals surface area contributed by atoms with Crippen molar-refractivity contribution in [3.05, 3.63) is 14.9 Å². The Hall–Kier alpha value is -0.750. The van der Waals surface area contributed by atoms with Crippen molar-refractivity contribution in [2.45, 2.75) is 135 Å². The first kappa shape index (κ1) is 103. The molecule has 0 aromatic rings. The Morgan fingerprint density at radius 2 is 1.19 bits per heavy atom. The van der Waals surface area contributed by atoms with Gasteiger partial charge in [-0.15, -0.1) is 0 Å². The summed E-state index contributed by atoms with van der Waals surface area (Å²) in [6.45, 7) is 5.93. The number of hydrogen-bond donors (Lipinski definition) is 3. The average Bonchev–Trinajstić information content (AvgIpc) is 2.64. The second-order valence-electron chi connectivity index (χ2n) is 11.2. The third-order valence-corrected chi connectivity index (χ3v) is 5.57. The third kappa shape index (κ3) is 45.2. The van der Waals surface area contributed by atoms with Crippen LogP contribution >= 0.6 is 0 Å². The molecular weight excluding hydrogens is 621 g/mol. The van der Waals surface area contributed by atoms with Gasteiger partial charge in [0.15, 0.2) is 12.8 Å². The molecule has 48 heavy (non-hydrogen) atoms. The molecule has 0 heterocycles. The fraction of sp³-hybridized carbons (Fsp3) is 0.865. The molecule has 0 saturated carbocycles. The Morgan fingerprint density at radius 1 is 0.792 bits per heavy atom. The van der Waals surface area contributed by atoms with E-state index in [0.29, 0.717) is 28.5 Å². The number of rotatable bonds is 16. The number of nitrogens with one attached hydrogen (secondary N) is 1. The third-order valence-electron chi connectivity index (χ3n) is 5.57. The fourth-order valence-corrected chi connectivity index (χ4v) is 3.86. The number of hydrogen-bond acceptors (Lipinski definition) is 7. The summed E-state index contributed by atoms with van der Waals surface area (Å²) in [5.41, 5.74) is -1.01. The Bertz CT molecular complexity index is 657. The van der Waals surface area contributed by atoms with E-state index < -0.39 is 35.3 Å². The van der Waals surface area contributed by atoms with Crippen molar-refractivity contribution < 1.29 is 73.0 Å². The van der Waals surface area contributed by atoms with E-state index in [0.717, 1.165) is 0 Å². The standard InChI is InChI=1S/C23H45N3O7.12CH4.2CH3.Na/c1-9-17(21(31)33-11-10-27)12-18(20(29)30)13-23(2,3)22(32)24-16-26(7,8)15-19(28)14-25(4,5)6;;;;;;;;;;;;;;;/h17-19,27-28H,9-16H2,1-8H3;12*1H4;2*1H3;/q;;;;;;;;;;;;;2*-1;+1/p+1. The van der Waals surface area contributed by atoms with Crippen molar-refractivity contribution in [3.8, 4) is 0 Å². The maximum absolute atomic E-state index is 12.9. The number of carbonyl (C=O) groups is 3. The molecule has 0 fully saturated rings. The predicted molar refractivity (Wildman–Crippen MR) is 216 cm³/mol. The molecule has 0 saturated heterocycles. The van der Waals surface area contributed by atoms with Gasteiger partial charge in [-0.1, -0.05) is 110 Å². The maximum Gasteiger partial charge on any atom is 1.00 e. The zero-order valence-electron chi connectivity index (χ0n) is 24.7. The van der Waals surface area contributed by atoms with Gasteiger partial charge in [0, 0.05) is 17.3 Å². The molecule has 0 aromatic heterocycles. The van der Waals surface area contributed by atoms with Crippen LogP contribution in [0.15, 0.2) is 0 Å². The van der Waals surface area contributed by atoms with Gasteiger partial charge in [0.05, 0.1) is 47.8 Å². The first-order valence-corrected chi connectivity index (χ1v) is 11.5. The van der Waals surface area contributed by atoms with E-state index in [1.807, 2.05) is 35.2 Å². The second kappa shape index (κ2) is 46.2. The summed E-state index contributed by atoms with van der Waals surface area (Å²) in [5.74, 6) is -3.85. The minimum atomic E-state index is -1.32. The van der Waals surface area contributed by atoms with E-state index in [9.17, 15) is 24.6 Å². The first-order valence-electron chi connectivity index (χ1n) is 11.5. The summed E-state index contributed by atoms with van der Waals surface area (Å²) >= 11 is 0. The molecule has 0 rings (SSSR count). The number of aliphatic carboxylic acids is 1. The first-order chi connectivity index (χ1) is 14.9. The van der Waals surface area contributed by atoms with E-state index in [4.69, 9.17) is 9.84 Å². The molecule has 11 heteroatoms. The van der Waals surface area contributed by atoms with Crippen molar-refractivity contribution in [1.29, 1.82) is 0 Å². The largest absolute Gasteiger partial charge is 1.00 e. The van der Waals surface area contributed by atoms with E-state index in [1.165, 1.54) is 0 Å². The van der Waals surface area contributed by atoms with Crippen molar-refractivity contribution in [2.24, 2.45) is 17.3 Å². The normalized spacial score (nSPS) is 10.6. The van der Waals surface area contributed by atoms with E-state index in [2.05, 4.69) is 5.32 Å². The van der Waals surface area contributed by atoms with E-state index in [-0.39, 0.29) is 172 Å². The fourth-order valence-electron chi connectivity index (χ4n) is 3.86. The summed E-state index contributed by atoms with van der Waals surface area (Å²) < 4.78 is 5.92. The summed E-state index contributed by atoms with van der Waals surface area (Å²) in [7, 11) is 9.80.